The van der Waals surface area contributed by atoms with Gasteiger partial charge in [0.2, 0.25) is 5.91 Å². The summed E-state index contributed by atoms with van der Waals surface area (Å²) in [6.07, 6.45) is 3.11. The third kappa shape index (κ3) is 5.41. The Hall–Kier alpha value is -2.38. The first-order valence-electron chi connectivity index (χ1n) is 12.7. The Morgan fingerprint density at radius 1 is 1.20 bits per heavy atom. The number of methoxy groups -OCH3 is 1. The fourth-order valence-electron chi connectivity index (χ4n) is 6.43. The number of carbonyl (C=O) groups is 2. The Morgan fingerprint density at radius 3 is 2.57 bits per heavy atom. The van der Waals surface area contributed by atoms with Crippen LogP contribution in [-0.4, -0.2) is 36.2 Å². The molecule has 1 aromatic carbocycles. The van der Waals surface area contributed by atoms with Crippen molar-refractivity contribution in [3.05, 3.63) is 52.2 Å². The van der Waals surface area contributed by atoms with Gasteiger partial charge in [-0.2, -0.15) is 0 Å². The second-order valence-corrected chi connectivity index (χ2v) is 11.7. The molecule has 2 aromatic rings. The van der Waals surface area contributed by atoms with Crippen molar-refractivity contribution in [3.8, 4) is 5.75 Å². The fraction of sp³-hybridized carbons (Fsp3) is 0.571. The first-order valence-corrected chi connectivity index (χ1v) is 13.5. The average Bonchev–Trinajstić information content (AvgIpc) is 3.38. The summed E-state index contributed by atoms with van der Waals surface area (Å²) in [7, 11) is 1.60. The lowest BCUT2D eigenvalue weighted by Crippen LogP contribution is -2.58. The van der Waals surface area contributed by atoms with Gasteiger partial charge in [0.05, 0.1) is 19.8 Å². The van der Waals surface area contributed by atoms with Gasteiger partial charge in [-0.25, -0.2) is 0 Å². The minimum absolute atomic E-state index is 0.00104. The molecule has 7 unspecified atom stereocenters. The van der Waals surface area contributed by atoms with Gasteiger partial charge in [-0.3, -0.25) is 9.59 Å². The number of amides is 2. The first-order chi connectivity index (χ1) is 16.7. The largest absolute Gasteiger partial charge is 0.497 e. The Kier molecular flexibility index (Phi) is 7.86. The van der Waals surface area contributed by atoms with E-state index in [1.54, 1.807) is 42.7 Å². The Morgan fingerprint density at radius 2 is 1.91 bits per heavy atom. The number of hydrogen-bond donors (Lipinski definition) is 3. The summed E-state index contributed by atoms with van der Waals surface area (Å²) in [5, 5.41) is 19.9. The van der Waals surface area contributed by atoms with Crippen LogP contribution in [0.5, 0.6) is 5.75 Å². The molecule has 1 heterocycles. The first kappa shape index (κ1) is 25.7. The van der Waals surface area contributed by atoms with E-state index in [0.717, 1.165) is 30.6 Å². The fourth-order valence-corrected chi connectivity index (χ4v) is 7.08. The number of benzene rings is 1. The Labute approximate surface area is 212 Å². The molecule has 7 atom stereocenters. The summed E-state index contributed by atoms with van der Waals surface area (Å²) in [5.41, 5.74) is 0.619. The SMILES string of the molecule is COc1ccc(C(=O)NC2CCC3(C)CCC(C(C)C(=O)NCc4cccs4)C(O)C3C2C)cc1. The molecule has 4 rings (SSSR count). The van der Waals surface area contributed by atoms with Gasteiger partial charge in [0.1, 0.15) is 5.75 Å². The number of carbonyl (C=O) groups excluding carboxylic acids is 2. The lowest BCUT2D eigenvalue weighted by molar-refractivity contribution is -0.142. The van der Waals surface area contributed by atoms with Gasteiger partial charge in [-0.15, -0.1) is 11.3 Å². The smallest absolute Gasteiger partial charge is 0.251 e. The summed E-state index contributed by atoms with van der Waals surface area (Å²) in [4.78, 5) is 27.0. The molecule has 35 heavy (non-hydrogen) atoms. The molecular formula is C28H38N2O4S. The second kappa shape index (κ2) is 10.7. The third-order valence-electron chi connectivity index (χ3n) is 8.63. The zero-order valence-corrected chi connectivity index (χ0v) is 21.9. The van der Waals surface area contributed by atoms with Gasteiger partial charge in [0, 0.05) is 22.4 Å². The van der Waals surface area contributed by atoms with E-state index in [1.165, 1.54) is 0 Å². The summed E-state index contributed by atoms with van der Waals surface area (Å²) in [6.45, 7) is 6.89. The molecule has 0 spiro atoms. The van der Waals surface area contributed by atoms with Crippen molar-refractivity contribution in [2.75, 3.05) is 7.11 Å². The van der Waals surface area contributed by atoms with Crippen LogP contribution in [0.3, 0.4) is 0 Å². The summed E-state index contributed by atoms with van der Waals surface area (Å²) < 4.78 is 5.19. The van der Waals surface area contributed by atoms with Crippen LogP contribution in [0.25, 0.3) is 0 Å². The maximum absolute atomic E-state index is 12.9. The lowest BCUT2D eigenvalue weighted by Gasteiger charge is -2.56. The Bertz CT molecular complexity index is 1010. The number of ether oxygens (including phenoxy) is 1. The molecule has 2 fully saturated rings. The standard InChI is InChI=1S/C28H38N2O4S/c1-17(26(32)29-16-21-6-5-15-35-21)22-11-13-28(3)14-12-23(18(2)24(28)25(22)31)30-27(33)19-7-9-20(34-4)10-8-19/h5-10,15,17-18,22-25,31H,11-14,16H2,1-4H3,(H,29,32)(H,30,33). The van der Waals surface area contributed by atoms with E-state index in [4.69, 9.17) is 4.74 Å². The van der Waals surface area contributed by atoms with Crippen LogP contribution >= 0.6 is 11.3 Å². The minimum atomic E-state index is -0.577. The van der Waals surface area contributed by atoms with E-state index in [1.807, 2.05) is 24.4 Å². The van der Waals surface area contributed by atoms with Crippen molar-refractivity contribution < 1.29 is 19.4 Å². The number of thiophene rings is 1. The predicted molar refractivity (Wildman–Crippen MR) is 138 cm³/mol. The molecule has 2 saturated carbocycles. The summed E-state index contributed by atoms with van der Waals surface area (Å²) in [5.74, 6) is 0.396. The molecule has 6 nitrogen and oxygen atoms in total. The molecule has 190 valence electrons. The van der Waals surface area contributed by atoms with Crippen molar-refractivity contribution in [1.29, 1.82) is 0 Å². The lowest BCUT2D eigenvalue weighted by atomic mass is 9.51. The van der Waals surface area contributed by atoms with Crippen molar-refractivity contribution in [2.45, 2.75) is 65.1 Å². The maximum Gasteiger partial charge on any atom is 0.251 e. The van der Waals surface area contributed by atoms with Crippen molar-refractivity contribution in [2.24, 2.45) is 29.1 Å². The number of aliphatic hydroxyl groups is 1. The maximum atomic E-state index is 12.9. The van der Waals surface area contributed by atoms with E-state index in [-0.39, 0.29) is 46.9 Å². The van der Waals surface area contributed by atoms with Gasteiger partial charge < -0.3 is 20.5 Å². The van der Waals surface area contributed by atoms with E-state index < -0.39 is 6.10 Å². The number of aliphatic hydroxyl groups excluding tert-OH is 1. The molecule has 0 radical (unpaired) electrons. The number of hydrogen-bond acceptors (Lipinski definition) is 5. The molecule has 3 N–H and O–H groups in total. The second-order valence-electron chi connectivity index (χ2n) is 10.7. The normalized spacial score (nSPS) is 31.2. The topological polar surface area (TPSA) is 87.7 Å². The van der Waals surface area contributed by atoms with Crippen LogP contribution in [0.2, 0.25) is 0 Å². The van der Waals surface area contributed by atoms with Gasteiger partial charge in [-0.1, -0.05) is 26.8 Å². The molecular weight excluding hydrogens is 460 g/mol. The van der Waals surface area contributed by atoms with Gasteiger partial charge in [-0.05, 0) is 84.6 Å². The molecule has 0 aliphatic heterocycles. The minimum Gasteiger partial charge on any atom is -0.497 e. The highest BCUT2D eigenvalue weighted by Gasteiger charge is 2.53. The molecule has 0 bridgehead atoms. The van der Waals surface area contributed by atoms with Crippen LogP contribution in [-0.2, 0) is 11.3 Å². The highest BCUT2D eigenvalue weighted by atomic mass is 32.1. The van der Waals surface area contributed by atoms with Crippen molar-refractivity contribution in [3.63, 3.8) is 0 Å². The van der Waals surface area contributed by atoms with E-state index >= 15 is 0 Å². The van der Waals surface area contributed by atoms with Gasteiger partial charge >= 0.3 is 0 Å². The molecule has 2 aliphatic carbocycles. The molecule has 2 amide bonds. The van der Waals surface area contributed by atoms with Crippen LogP contribution in [0.4, 0.5) is 0 Å². The van der Waals surface area contributed by atoms with Gasteiger partial charge in [0.15, 0.2) is 0 Å². The molecule has 2 aliphatic rings. The van der Waals surface area contributed by atoms with E-state index in [0.29, 0.717) is 17.9 Å². The monoisotopic (exact) mass is 498 g/mol. The van der Waals surface area contributed by atoms with Crippen LogP contribution in [0.15, 0.2) is 41.8 Å². The molecule has 7 heteroatoms. The molecule has 1 aromatic heterocycles. The molecule has 0 saturated heterocycles. The summed E-state index contributed by atoms with van der Waals surface area (Å²) in [6, 6.07) is 11.1. The van der Waals surface area contributed by atoms with Crippen LogP contribution < -0.4 is 15.4 Å². The average molecular weight is 499 g/mol. The van der Waals surface area contributed by atoms with Crippen molar-refractivity contribution >= 4 is 23.2 Å². The summed E-state index contributed by atoms with van der Waals surface area (Å²) >= 11 is 1.63. The Balaban J connectivity index is 1.42. The quantitative estimate of drug-likeness (QED) is 0.519. The number of fused-ring (bicyclic) bond motifs is 1. The van der Waals surface area contributed by atoms with Crippen LogP contribution in [0, 0.1) is 29.1 Å². The van der Waals surface area contributed by atoms with Crippen LogP contribution in [0.1, 0.15) is 61.7 Å². The number of rotatable bonds is 7. The number of nitrogens with one attached hydrogen (secondary N) is 2. The highest BCUT2D eigenvalue weighted by Crippen LogP contribution is 2.55. The third-order valence-corrected chi connectivity index (χ3v) is 9.51. The van der Waals surface area contributed by atoms with Crippen molar-refractivity contribution in [1.82, 2.24) is 10.6 Å². The van der Waals surface area contributed by atoms with Gasteiger partial charge in [0.25, 0.3) is 5.91 Å². The zero-order chi connectivity index (χ0) is 25.2. The van der Waals surface area contributed by atoms with E-state index in [9.17, 15) is 14.7 Å². The zero-order valence-electron chi connectivity index (χ0n) is 21.1. The van der Waals surface area contributed by atoms with E-state index in [2.05, 4.69) is 24.5 Å². The predicted octanol–water partition coefficient (Wildman–Crippen LogP) is 4.63. The highest BCUT2D eigenvalue weighted by molar-refractivity contribution is 7.09.